The molecule has 5 heteroatoms. The molecule has 5 nitrogen and oxygen atoms in total. The molecule has 1 aromatic rings. The van der Waals surface area contributed by atoms with E-state index in [1.165, 1.54) is 0 Å². The number of ether oxygens (including phenoxy) is 2. The highest BCUT2D eigenvalue weighted by Crippen LogP contribution is 2.35. The fourth-order valence-electron chi connectivity index (χ4n) is 2.62. The van der Waals surface area contributed by atoms with Crippen molar-refractivity contribution >= 4 is 11.8 Å². The first-order valence-corrected chi connectivity index (χ1v) is 7.21. The molecule has 1 aliphatic carbocycles. The molecular weight excluding hydrogens is 272 g/mol. The SMILES string of the molecule is CCC(Oc1ccc(OC)c2c1C(=O)CCCC2)C(=O)O. The monoisotopic (exact) mass is 292 g/mol. The number of rotatable bonds is 5. The summed E-state index contributed by atoms with van der Waals surface area (Å²) in [6.45, 7) is 1.74. The Morgan fingerprint density at radius 2 is 1.95 bits per heavy atom. The standard InChI is InChI=1S/C16H20O5/c1-3-12(16(18)19)21-14-9-8-13(20-2)10-6-4-5-7-11(17)15(10)14/h8-9,12H,3-7H2,1-2H3,(H,18,19). The summed E-state index contributed by atoms with van der Waals surface area (Å²) >= 11 is 0. The van der Waals surface area contributed by atoms with Crippen molar-refractivity contribution in [1.29, 1.82) is 0 Å². The number of carboxylic acids is 1. The Bertz CT molecular complexity index is 550. The van der Waals surface area contributed by atoms with Crippen molar-refractivity contribution in [3.05, 3.63) is 23.3 Å². The predicted octanol–water partition coefficient (Wildman–Crippen LogP) is 2.85. The number of benzene rings is 1. The minimum absolute atomic E-state index is 0.00311. The van der Waals surface area contributed by atoms with Crippen molar-refractivity contribution in [1.82, 2.24) is 0 Å². The fraction of sp³-hybridized carbons (Fsp3) is 0.500. The van der Waals surface area contributed by atoms with Gasteiger partial charge in [-0.2, -0.15) is 0 Å². The minimum Gasteiger partial charge on any atom is -0.496 e. The van der Waals surface area contributed by atoms with Gasteiger partial charge >= 0.3 is 5.97 Å². The van der Waals surface area contributed by atoms with Gasteiger partial charge in [-0.05, 0) is 37.8 Å². The lowest BCUT2D eigenvalue weighted by Gasteiger charge is -2.19. The van der Waals surface area contributed by atoms with Crippen LogP contribution in [0.3, 0.4) is 0 Å². The quantitative estimate of drug-likeness (QED) is 0.845. The van der Waals surface area contributed by atoms with E-state index in [0.29, 0.717) is 29.9 Å². The molecule has 0 radical (unpaired) electrons. The first-order chi connectivity index (χ1) is 10.1. The van der Waals surface area contributed by atoms with Gasteiger partial charge in [-0.3, -0.25) is 4.79 Å². The van der Waals surface area contributed by atoms with Crippen molar-refractivity contribution in [2.75, 3.05) is 7.11 Å². The van der Waals surface area contributed by atoms with E-state index in [2.05, 4.69) is 0 Å². The highest BCUT2D eigenvalue weighted by Gasteiger charge is 2.26. The van der Waals surface area contributed by atoms with E-state index in [-0.39, 0.29) is 5.78 Å². The first kappa shape index (κ1) is 15.4. The van der Waals surface area contributed by atoms with Gasteiger partial charge in [0.05, 0.1) is 12.7 Å². The normalized spacial score (nSPS) is 15.8. The number of methoxy groups -OCH3 is 1. The number of fused-ring (bicyclic) bond motifs is 1. The molecule has 1 atom stereocenters. The summed E-state index contributed by atoms with van der Waals surface area (Å²) in [5.74, 6) is -0.0114. The zero-order valence-corrected chi connectivity index (χ0v) is 12.3. The number of hydrogen-bond donors (Lipinski definition) is 1. The van der Waals surface area contributed by atoms with Crippen molar-refractivity contribution in [3.8, 4) is 11.5 Å². The van der Waals surface area contributed by atoms with E-state index in [0.717, 1.165) is 24.8 Å². The third-order valence-corrected chi connectivity index (χ3v) is 3.73. The molecule has 0 saturated carbocycles. The largest absolute Gasteiger partial charge is 0.496 e. The van der Waals surface area contributed by atoms with Gasteiger partial charge < -0.3 is 14.6 Å². The summed E-state index contributed by atoms with van der Waals surface area (Å²) in [7, 11) is 1.57. The molecule has 2 rings (SSSR count). The molecular formula is C16H20O5. The molecule has 0 heterocycles. The van der Waals surface area contributed by atoms with Gasteiger partial charge in [-0.25, -0.2) is 4.79 Å². The molecule has 114 valence electrons. The summed E-state index contributed by atoms with van der Waals surface area (Å²) in [6, 6.07) is 3.37. The van der Waals surface area contributed by atoms with Crippen LogP contribution in [0.5, 0.6) is 11.5 Å². The van der Waals surface area contributed by atoms with Gasteiger partial charge in [-0.1, -0.05) is 6.92 Å². The molecule has 0 fully saturated rings. The third-order valence-electron chi connectivity index (χ3n) is 3.73. The highest BCUT2D eigenvalue weighted by atomic mass is 16.5. The second-order valence-corrected chi connectivity index (χ2v) is 5.10. The number of Topliss-reactive ketones (excluding diaryl/α,β-unsaturated/α-hetero) is 1. The second kappa shape index (κ2) is 6.61. The minimum atomic E-state index is -1.02. The molecule has 0 bridgehead atoms. The molecule has 1 unspecified atom stereocenters. The van der Waals surface area contributed by atoms with E-state index >= 15 is 0 Å². The van der Waals surface area contributed by atoms with Crippen LogP contribution in [0.4, 0.5) is 0 Å². The predicted molar refractivity (Wildman–Crippen MR) is 77.2 cm³/mol. The van der Waals surface area contributed by atoms with Crippen molar-refractivity contribution in [2.24, 2.45) is 0 Å². The van der Waals surface area contributed by atoms with Crippen LogP contribution in [-0.2, 0) is 11.2 Å². The highest BCUT2D eigenvalue weighted by molar-refractivity contribution is 6.01. The molecule has 1 aromatic carbocycles. The number of carboxylic acid groups (broad SMARTS) is 1. The van der Waals surface area contributed by atoms with Gasteiger partial charge in [0, 0.05) is 12.0 Å². The molecule has 1 aliphatic rings. The van der Waals surface area contributed by atoms with Crippen LogP contribution >= 0.6 is 0 Å². The molecule has 0 spiro atoms. The Labute approximate surface area is 123 Å². The van der Waals surface area contributed by atoms with Crippen molar-refractivity contribution < 1.29 is 24.2 Å². The smallest absolute Gasteiger partial charge is 0.344 e. The van der Waals surface area contributed by atoms with E-state index < -0.39 is 12.1 Å². The third kappa shape index (κ3) is 3.17. The van der Waals surface area contributed by atoms with Crippen LogP contribution < -0.4 is 9.47 Å². The average Bonchev–Trinajstić information content (AvgIpc) is 2.67. The summed E-state index contributed by atoms with van der Waals surface area (Å²) in [5.41, 5.74) is 1.32. The summed E-state index contributed by atoms with van der Waals surface area (Å²) in [4.78, 5) is 23.5. The lowest BCUT2D eigenvalue weighted by atomic mass is 9.99. The average molecular weight is 292 g/mol. The van der Waals surface area contributed by atoms with Crippen LogP contribution in [0.2, 0.25) is 0 Å². The van der Waals surface area contributed by atoms with Crippen LogP contribution in [0.15, 0.2) is 12.1 Å². The fourth-order valence-corrected chi connectivity index (χ4v) is 2.62. The summed E-state index contributed by atoms with van der Waals surface area (Å²) in [5, 5.41) is 9.13. The van der Waals surface area contributed by atoms with E-state index in [9.17, 15) is 9.59 Å². The van der Waals surface area contributed by atoms with E-state index in [1.807, 2.05) is 0 Å². The lowest BCUT2D eigenvalue weighted by Crippen LogP contribution is -2.27. The maximum absolute atomic E-state index is 12.4. The number of ketones is 1. The molecule has 21 heavy (non-hydrogen) atoms. The Morgan fingerprint density at radius 1 is 1.29 bits per heavy atom. The van der Waals surface area contributed by atoms with E-state index in [4.69, 9.17) is 14.6 Å². The number of carbonyl (C=O) groups excluding carboxylic acids is 1. The molecule has 0 saturated heterocycles. The maximum atomic E-state index is 12.4. The molecule has 1 N–H and O–H groups in total. The van der Waals surface area contributed by atoms with Gasteiger partial charge in [0.25, 0.3) is 0 Å². The number of carbonyl (C=O) groups is 2. The van der Waals surface area contributed by atoms with Gasteiger partial charge in [0.1, 0.15) is 11.5 Å². The summed E-state index contributed by atoms with van der Waals surface area (Å²) < 4.78 is 10.9. The number of aliphatic carboxylic acids is 1. The van der Waals surface area contributed by atoms with Crippen LogP contribution in [0.25, 0.3) is 0 Å². The Morgan fingerprint density at radius 3 is 2.57 bits per heavy atom. The lowest BCUT2D eigenvalue weighted by molar-refractivity contribution is -0.145. The van der Waals surface area contributed by atoms with Crippen molar-refractivity contribution in [2.45, 2.75) is 45.1 Å². The number of hydrogen-bond acceptors (Lipinski definition) is 4. The second-order valence-electron chi connectivity index (χ2n) is 5.10. The summed E-state index contributed by atoms with van der Waals surface area (Å²) in [6.07, 6.45) is 2.33. The van der Waals surface area contributed by atoms with Crippen LogP contribution in [0.1, 0.15) is 48.5 Å². The Balaban J connectivity index is 2.47. The van der Waals surface area contributed by atoms with Crippen LogP contribution in [0, 0.1) is 0 Å². The molecule has 0 aliphatic heterocycles. The zero-order chi connectivity index (χ0) is 15.4. The van der Waals surface area contributed by atoms with Gasteiger partial charge in [0.15, 0.2) is 11.9 Å². The Hall–Kier alpha value is -2.04. The topological polar surface area (TPSA) is 72.8 Å². The van der Waals surface area contributed by atoms with E-state index in [1.54, 1.807) is 26.2 Å². The molecule has 0 amide bonds. The zero-order valence-electron chi connectivity index (χ0n) is 12.3. The van der Waals surface area contributed by atoms with Gasteiger partial charge in [-0.15, -0.1) is 0 Å². The Kier molecular flexibility index (Phi) is 4.83. The maximum Gasteiger partial charge on any atom is 0.344 e. The van der Waals surface area contributed by atoms with Gasteiger partial charge in [0.2, 0.25) is 0 Å². The van der Waals surface area contributed by atoms with Crippen LogP contribution in [-0.4, -0.2) is 30.1 Å². The first-order valence-electron chi connectivity index (χ1n) is 7.21. The van der Waals surface area contributed by atoms with Crippen molar-refractivity contribution in [3.63, 3.8) is 0 Å². The molecule has 0 aromatic heterocycles.